The molecular formula is C23H17FN6OS2. The summed E-state index contributed by atoms with van der Waals surface area (Å²) < 4.78 is 16.1. The third-order valence-corrected chi connectivity index (χ3v) is 6.67. The maximum absolute atomic E-state index is 13.4. The molecule has 0 spiro atoms. The Morgan fingerprint density at radius 1 is 1.06 bits per heavy atom. The highest BCUT2D eigenvalue weighted by Gasteiger charge is 2.17. The summed E-state index contributed by atoms with van der Waals surface area (Å²) in [6, 6.07) is 18.1. The molecule has 0 aliphatic heterocycles. The van der Waals surface area contributed by atoms with Gasteiger partial charge in [0.25, 0.3) is 0 Å². The van der Waals surface area contributed by atoms with Gasteiger partial charge in [-0.15, -0.1) is 10.2 Å². The zero-order chi connectivity index (χ0) is 22.6. The Bertz CT molecular complexity index is 1400. The van der Waals surface area contributed by atoms with E-state index in [2.05, 4.69) is 25.5 Å². The number of halogens is 1. The van der Waals surface area contributed by atoms with Crippen LogP contribution in [0.15, 0.2) is 78.2 Å². The molecule has 0 saturated carbocycles. The van der Waals surface area contributed by atoms with E-state index in [4.69, 9.17) is 0 Å². The summed E-state index contributed by atoms with van der Waals surface area (Å²) in [4.78, 5) is 21.0. The summed E-state index contributed by atoms with van der Waals surface area (Å²) in [6.07, 6.45) is 3.42. The quantitative estimate of drug-likeness (QED) is 0.338. The van der Waals surface area contributed by atoms with Crippen LogP contribution in [0, 0.1) is 5.82 Å². The Hall–Kier alpha value is -3.63. The fraction of sp³-hybridized carbons (Fsp3) is 0.0870. The highest BCUT2D eigenvalue weighted by Crippen LogP contribution is 2.28. The standard InChI is InChI=1S/C23H17FN6OS2/c24-17-6-7-18-19(12-17)33-22(26-18)27-20(31)14-32-23-29-28-21(16-8-10-25-11-9-16)30(23)13-15-4-2-1-3-5-15/h1-12H,13-14H2,(H,26,27,31). The second-order valence-electron chi connectivity index (χ2n) is 7.08. The minimum Gasteiger partial charge on any atom is -0.301 e. The number of carbonyl (C=O) groups is 1. The highest BCUT2D eigenvalue weighted by atomic mass is 32.2. The molecule has 2 aromatic carbocycles. The molecule has 0 saturated heterocycles. The molecular weight excluding hydrogens is 459 g/mol. The van der Waals surface area contributed by atoms with Crippen molar-refractivity contribution in [1.82, 2.24) is 24.7 Å². The summed E-state index contributed by atoms with van der Waals surface area (Å²) in [5, 5.41) is 12.6. The number of hydrogen-bond donors (Lipinski definition) is 1. The van der Waals surface area contributed by atoms with E-state index in [1.807, 2.05) is 47.0 Å². The Morgan fingerprint density at radius 3 is 2.70 bits per heavy atom. The molecule has 10 heteroatoms. The first-order chi connectivity index (χ1) is 16.2. The van der Waals surface area contributed by atoms with Crippen LogP contribution in [0.5, 0.6) is 0 Å². The Labute approximate surface area is 196 Å². The van der Waals surface area contributed by atoms with Crippen LogP contribution in [-0.4, -0.2) is 36.4 Å². The molecule has 5 rings (SSSR count). The van der Waals surface area contributed by atoms with E-state index in [1.165, 1.54) is 35.2 Å². The number of pyridine rings is 1. The van der Waals surface area contributed by atoms with Gasteiger partial charge < -0.3 is 5.32 Å². The van der Waals surface area contributed by atoms with Crippen molar-refractivity contribution in [2.75, 3.05) is 11.1 Å². The summed E-state index contributed by atoms with van der Waals surface area (Å²) in [5.41, 5.74) is 2.64. The maximum Gasteiger partial charge on any atom is 0.236 e. The molecule has 0 aliphatic rings. The van der Waals surface area contributed by atoms with Crippen LogP contribution in [0.4, 0.5) is 9.52 Å². The van der Waals surface area contributed by atoms with Crippen molar-refractivity contribution >= 4 is 44.4 Å². The lowest BCUT2D eigenvalue weighted by Gasteiger charge is -2.10. The highest BCUT2D eigenvalue weighted by molar-refractivity contribution is 7.99. The summed E-state index contributed by atoms with van der Waals surface area (Å²) in [6.45, 7) is 0.568. The number of carbonyl (C=O) groups excluding carboxylic acids is 1. The van der Waals surface area contributed by atoms with Gasteiger partial charge in [-0.2, -0.15) is 0 Å². The number of thioether (sulfide) groups is 1. The maximum atomic E-state index is 13.4. The first-order valence-corrected chi connectivity index (χ1v) is 11.8. The van der Waals surface area contributed by atoms with E-state index in [1.54, 1.807) is 18.5 Å². The van der Waals surface area contributed by atoms with Gasteiger partial charge in [0.2, 0.25) is 5.91 Å². The van der Waals surface area contributed by atoms with Crippen molar-refractivity contribution in [3.8, 4) is 11.4 Å². The number of fused-ring (bicyclic) bond motifs is 1. The molecule has 3 heterocycles. The number of thiazole rings is 1. The second kappa shape index (κ2) is 9.47. The number of amides is 1. The van der Waals surface area contributed by atoms with Crippen LogP contribution in [0.25, 0.3) is 21.6 Å². The summed E-state index contributed by atoms with van der Waals surface area (Å²) >= 11 is 2.53. The van der Waals surface area contributed by atoms with Crippen LogP contribution < -0.4 is 5.32 Å². The molecule has 0 aliphatic carbocycles. The summed E-state index contributed by atoms with van der Waals surface area (Å²) in [7, 11) is 0. The number of anilines is 1. The van der Waals surface area contributed by atoms with Gasteiger partial charge in [-0.1, -0.05) is 53.4 Å². The van der Waals surface area contributed by atoms with Crippen LogP contribution >= 0.6 is 23.1 Å². The fourth-order valence-corrected chi connectivity index (χ4v) is 4.90. The molecule has 0 fully saturated rings. The zero-order valence-corrected chi connectivity index (χ0v) is 18.8. The average molecular weight is 477 g/mol. The predicted octanol–water partition coefficient (Wildman–Crippen LogP) is 4.87. The molecule has 1 N–H and O–H groups in total. The molecule has 5 aromatic rings. The Kier molecular flexibility index (Phi) is 6.09. The number of rotatable bonds is 7. The van der Waals surface area contributed by atoms with Crippen LogP contribution in [-0.2, 0) is 11.3 Å². The topological polar surface area (TPSA) is 85.6 Å². The van der Waals surface area contributed by atoms with Crippen LogP contribution in [0.2, 0.25) is 0 Å². The van der Waals surface area contributed by atoms with Crippen LogP contribution in [0.1, 0.15) is 5.56 Å². The number of nitrogens with zero attached hydrogens (tertiary/aromatic N) is 5. The lowest BCUT2D eigenvalue weighted by atomic mass is 10.2. The van der Waals surface area contributed by atoms with E-state index in [0.717, 1.165) is 11.1 Å². The largest absolute Gasteiger partial charge is 0.301 e. The molecule has 164 valence electrons. The van der Waals surface area contributed by atoms with E-state index in [9.17, 15) is 9.18 Å². The van der Waals surface area contributed by atoms with Gasteiger partial charge >= 0.3 is 0 Å². The number of aromatic nitrogens is 5. The molecule has 0 unspecified atom stereocenters. The molecule has 7 nitrogen and oxygen atoms in total. The summed E-state index contributed by atoms with van der Waals surface area (Å²) in [5.74, 6) is 0.284. The number of benzene rings is 2. The Balaban J connectivity index is 1.33. The van der Waals surface area contributed by atoms with E-state index in [0.29, 0.717) is 32.9 Å². The molecule has 33 heavy (non-hydrogen) atoms. The van der Waals surface area contributed by atoms with Gasteiger partial charge in [0.1, 0.15) is 5.82 Å². The van der Waals surface area contributed by atoms with Crippen molar-refractivity contribution in [3.05, 3.63) is 84.4 Å². The molecule has 0 bridgehead atoms. The lowest BCUT2D eigenvalue weighted by Crippen LogP contribution is -2.14. The zero-order valence-electron chi connectivity index (χ0n) is 17.2. The second-order valence-corrected chi connectivity index (χ2v) is 9.05. The smallest absolute Gasteiger partial charge is 0.236 e. The first kappa shape index (κ1) is 21.2. The predicted molar refractivity (Wildman–Crippen MR) is 128 cm³/mol. The van der Waals surface area contributed by atoms with Gasteiger partial charge in [0, 0.05) is 18.0 Å². The third kappa shape index (κ3) is 4.91. The van der Waals surface area contributed by atoms with Crippen molar-refractivity contribution in [2.24, 2.45) is 0 Å². The lowest BCUT2D eigenvalue weighted by molar-refractivity contribution is -0.113. The first-order valence-electron chi connectivity index (χ1n) is 10.0. The van der Waals surface area contributed by atoms with Gasteiger partial charge in [-0.25, -0.2) is 9.37 Å². The molecule has 0 radical (unpaired) electrons. The number of hydrogen-bond acceptors (Lipinski definition) is 7. The van der Waals surface area contributed by atoms with Crippen molar-refractivity contribution in [1.29, 1.82) is 0 Å². The van der Waals surface area contributed by atoms with E-state index < -0.39 is 0 Å². The molecule has 0 atom stereocenters. The van der Waals surface area contributed by atoms with Crippen molar-refractivity contribution < 1.29 is 9.18 Å². The van der Waals surface area contributed by atoms with E-state index in [-0.39, 0.29) is 17.5 Å². The normalized spacial score (nSPS) is 11.1. The minimum atomic E-state index is -0.331. The average Bonchev–Trinajstić information content (AvgIpc) is 3.42. The van der Waals surface area contributed by atoms with Crippen molar-refractivity contribution in [2.45, 2.75) is 11.7 Å². The van der Waals surface area contributed by atoms with Gasteiger partial charge in [-0.05, 0) is 35.9 Å². The van der Waals surface area contributed by atoms with Gasteiger partial charge in [0.05, 0.1) is 22.5 Å². The van der Waals surface area contributed by atoms with Gasteiger partial charge in [0.15, 0.2) is 16.1 Å². The monoisotopic (exact) mass is 476 g/mol. The molecule has 3 aromatic heterocycles. The SMILES string of the molecule is O=C(CSc1nnc(-c2ccncc2)n1Cc1ccccc1)Nc1nc2ccc(F)cc2s1. The number of nitrogens with one attached hydrogen (secondary N) is 1. The minimum absolute atomic E-state index is 0.132. The van der Waals surface area contributed by atoms with Crippen molar-refractivity contribution in [3.63, 3.8) is 0 Å². The third-order valence-electron chi connectivity index (χ3n) is 4.77. The molecule has 1 amide bonds. The van der Waals surface area contributed by atoms with Crippen LogP contribution in [0.3, 0.4) is 0 Å². The van der Waals surface area contributed by atoms with Gasteiger partial charge in [-0.3, -0.25) is 14.3 Å². The fourth-order valence-electron chi connectivity index (χ4n) is 3.26. The van der Waals surface area contributed by atoms with E-state index >= 15 is 0 Å². The Morgan fingerprint density at radius 2 is 1.88 bits per heavy atom.